The number of halogens is 1. The van der Waals surface area contributed by atoms with E-state index in [1.54, 1.807) is 30.3 Å². The summed E-state index contributed by atoms with van der Waals surface area (Å²) in [6, 6.07) is 21.7. The fraction of sp³-hybridized carbons (Fsp3) is 0.130. The standard InChI is InChI=1S/C23H20ClN3O3/c1-29-22-9-8-19(12-21(22)24)27-23(28)14-26-18-6-3-7-20(11-18)30-15-17-5-2-4-16(10-17)13-25/h2-12,26H,14-15H2,1H3,(H,27,28). The summed E-state index contributed by atoms with van der Waals surface area (Å²) in [4.78, 5) is 12.2. The van der Waals surface area contributed by atoms with Crippen LogP contribution in [0.2, 0.25) is 5.02 Å². The summed E-state index contributed by atoms with van der Waals surface area (Å²) in [5.74, 6) is 0.990. The minimum Gasteiger partial charge on any atom is -0.495 e. The van der Waals surface area contributed by atoms with Gasteiger partial charge in [0.25, 0.3) is 0 Å². The van der Waals surface area contributed by atoms with Crippen LogP contribution < -0.4 is 20.1 Å². The van der Waals surface area contributed by atoms with Crippen LogP contribution in [0.25, 0.3) is 0 Å². The predicted molar refractivity (Wildman–Crippen MR) is 117 cm³/mol. The van der Waals surface area contributed by atoms with Gasteiger partial charge in [-0.05, 0) is 48.0 Å². The molecule has 0 spiro atoms. The van der Waals surface area contributed by atoms with E-state index < -0.39 is 0 Å². The second-order valence-corrected chi connectivity index (χ2v) is 6.79. The molecule has 7 heteroatoms. The Labute approximate surface area is 180 Å². The zero-order valence-electron chi connectivity index (χ0n) is 16.3. The van der Waals surface area contributed by atoms with E-state index in [-0.39, 0.29) is 12.5 Å². The van der Waals surface area contributed by atoms with Crippen LogP contribution in [0.1, 0.15) is 11.1 Å². The molecule has 3 rings (SSSR count). The number of amides is 1. The van der Waals surface area contributed by atoms with E-state index in [1.807, 2.05) is 36.4 Å². The van der Waals surface area contributed by atoms with Crippen LogP contribution in [0, 0.1) is 11.3 Å². The Balaban J connectivity index is 1.52. The molecule has 0 aromatic heterocycles. The molecule has 30 heavy (non-hydrogen) atoms. The normalized spacial score (nSPS) is 10.0. The number of carbonyl (C=O) groups excluding carboxylic acids is 1. The summed E-state index contributed by atoms with van der Waals surface area (Å²) < 4.78 is 10.9. The van der Waals surface area contributed by atoms with Crippen LogP contribution in [0.3, 0.4) is 0 Å². The largest absolute Gasteiger partial charge is 0.495 e. The van der Waals surface area contributed by atoms with E-state index in [2.05, 4.69) is 16.7 Å². The number of hydrogen-bond acceptors (Lipinski definition) is 5. The third-order valence-corrected chi connectivity index (χ3v) is 4.48. The molecule has 6 nitrogen and oxygen atoms in total. The molecule has 152 valence electrons. The predicted octanol–water partition coefficient (Wildman–Crippen LogP) is 4.85. The quantitative estimate of drug-likeness (QED) is 0.543. The summed E-state index contributed by atoms with van der Waals surface area (Å²) in [5, 5.41) is 15.2. The molecule has 0 atom stereocenters. The van der Waals surface area contributed by atoms with Crippen molar-refractivity contribution in [3.63, 3.8) is 0 Å². The van der Waals surface area contributed by atoms with E-state index in [0.717, 1.165) is 11.3 Å². The topological polar surface area (TPSA) is 83.4 Å². The van der Waals surface area contributed by atoms with Gasteiger partial charge in [-0.3, -0.25) is 4.79 Å². The van der Waals surface area contributed by atoms with Crippen LogP contribution in [0.5, 0.6) is 11.5 Å². The Morgan fingerprint density at radius 2 is 1.90 bits per heavy atom. The number of nitrogens with zero attached hydrogens (tertiary/aromatic N) is 1. The van der Waals surface area contributed by atoms with Gasteiger partial charge < -0.3 is 20.1 Å². The Morgan fingerprint density at radius 3 is 2.67 bits per heavy atom. The Bertz CT molecular complexity index is 1080. The van der Waals surface area contributed by atoms with Crippen molar-refractivity contribution in [3.8, 4) is 17.6 Å². The van der Waals surface area contributed by atoms with Gasteiger partial charge in [0, 0.05) is 17.4 Å². The second kappa shape index (κ2) is 10.2. The first-order valence-electron chi connectivity index (χ1n) is 9.16. The third kappa shape index (κ3) is 5.90. The van der Waals surface area contributed by atoms with Crippen LogP contribution >= 0.6 is 11.6 Å². The van der Waals surface area contributed by atoms with E-state index in [4.69, 9.17) is 26.3 Å². The van der Waals surface area contributed by atoms with Crippen LogP contribution in [0.15, 0.2) is 66.7 Å². The average molecular weight is 422 g/mol. The van der Waals surface area contributed by atoms with Gasteiger partial charge in [0.05, 0.1) is 30.3 Å². The smallest absolute Gasteiger partial charge is 0.243 e. The molecule has 0 unspecified atom stereocenters. The molecular weight excluding hydrogens is 402 g/mol. The minimum absolute atomic E-state index is 0.0807. The number of anilines is 2. The van der Waals surface area contributed by atoms with Gasteiger partial charge >= 0.3 is 0 Å². The monoisotopic (exact) mass is 421 g/mol. The molecule has 0 radical (unpaired) electrons. The van der Waals surface area contributed by atoms with Crippen molar-refractivity contribution in [2.24, 2.45) is 0 Å². The molecule has 0 saturated carbocycles. The van der Waals surface area contributed by atoms with Crippen LogP contribution in [-0.4, -0.2) is 19.6 Å². The molecule has 2 N–H and O–H groups in total. The van der Waals surface area contributed by atoms with Crippen molar-refractivity contribution in [3.05, 3.63) is 82.9 Å². The molecule has 3 aromatic carbocycles. The van der Waals surface area contributed by atoms with Crippen molar-refractivity contribution < 1.29 is 14.3 Å². The summed E-state index contributed by atoms with van der Waals surface area (Å²) in [5.41, 5.74) is 2.84. The van der Waals surface area contributed by atoms with Crippen molar-refractivity contribution >= 4 is 28.9 Å². The number of hydrogen-bond donors (Lipinski definition) is 2. The number of nitrogens with one attached hydrogen (secondary N) is 2. The van der Waals surface area contributed by atoms with Gasteiger partial charge in [0.2, 0.25) is 5.91 Å². The lowest BCUT2D eigenvalue weighted by atomic mass is 10.1. The molecule has 0 aliphatic carbocycles. The molecule has 1 amide bonds. The molecule has 0 fully saturated rings. The zero-order chi connectivity index (χ0) is 21.3. The second-order valence-electron chi connectivity index (χ2n) is 6.38. The number of nitriles is 1. The summed E-state index contributed by atoms with van der Waals surface area (Å²) >= 11 is 6.07. The highest BCUT2D eigenvalue weighted by Crippen LogP contribution is 2.27. The first-order chi connectivity index (χ1) is 14.6. The Kier molecular flexibility index (Phi) is 7.14. The summed E-state index contributed by atoms with van der Waals surface area (Å²) in [6.07, 6.45) is 0. The number of ether oxygens (including phenoxy) is 2. The van der Waals surface area contributed by atoms with Gasteiger partial charge in [-0.15, -0.1) is 0 Å². The van der Waals surface area contributed by atoms with Gasteiger partial charge in [-0.25, -0.2) is 0 Å². The third-order valence-electron chi connectivity index (χ3n) is 4.18. The number of benzene rings is 3. The lowest BCUT2D eigenvalue weighted by Gasteiger charge is -2.11. The van der Waals surface area contributed by atoms with E-state index in [1.165, 1.54) is 7.11 Å². The van der Waals surface area contributed by atoms with Crippen LogP contribution in [0.4, 0.5) is 11.4 Å². The molecular formula is C23H20ClN3O3. The Hall–Kier alpha value is -3.69. The minimum atomic E-state index is -0.212. The van der Waals surface area contributed by atoms with Gasteiger partial charge in [-0.2, -0.15) is 5.26 Å². The van der Waals surface area contributed by atoms with Crippen molar-refractivity contribution in [1.29, 1.82) is 5.26 Å². The highest BCUT2D eigenvalue weighted by molar-refractivity contribution is 6.32. The lowest BCUT2D eigenvalue weighted by Crippen LogP contribution is -2.21. The van der Waals surface area contributed by atoms with Crippen molar-refractivity contribution in [1.82, 2.24) is 0 Å². The van der Waals surface area contributed by atoms with E-state index in [9.17, 15) is 4.79 Å². The lowest BCUT2D eigenvalue weighted by molar-refractivity contribution is -0.114. The number of methoxy groups -OCH3 is 1. The van der Waals surface area contributed by atoms with Gasteiger partial charge in [0.1, 0.15) is 18.1 Å². The van der Waals surface area contributed by atoms with Crippen molar-refractivity contribution in [2.45, 2.75) is 6.61 Å². The first kappa shape index (κ1) is 21.0. The summed E-state index contributed by atoms with van der Waals surface area (Å²) in [7, 11) is 1.53. The summed E-state index contributed by atoms with van der Waals surface area (Å²) in [6.45, 7) is 0.426. The number of rotatable bonds is 8. The van der Waals surface area contributed by atoms with E-state index >= 15 is 0 Å². The van der Waals surface area contributed by atoms with Crippen LogP contribution in [-0.2, 0) is 11.4 Å². The van der Waals surface area contributed by atoms with Crippen molar-refractivity contribution in [2.75, 3.05) is 24.3 Å². The van der Waals surface area contributed by atoms with Gasteiger partial charge in [0.15, 0.2) is 0 Å². The molecule has 0 aliphatic heterocycles. The SMILES string of the molecule is COc1ccc(NC(=O)CNc2cccc(OCc3cccc(C#N)c3)c2)cc1Cl. The number of carbonyl (C=O) groups is 1. The highest BCUT2D eigenvalue weighted by atomic mass is 35.5. The first-order valence-corrected chi connectivity index (χ1v) is 9.54. The fourth-order valence-electron chi connectivity index (χ4n) is 2.72. The maximum atomic E-state index is 12.2. The molecule has 0 heterocycles. The molecule has 0 bridgehead atoms. The molecule has 3 aromatic rings. The van der Waals surface area contributed by atoms with E-state index in [0.29, 0.717) is 34.4 Å². The average Bonchev–Trinajstić information content (AvgIpc) is 2.77. The molecule has 0 aliphatic rings. The zero-order valence-corrected chi connectivity index (χ0v) is 17.1. The fourth-order valence-corrected chi connectivity index (χ4v) is 2.98. The highest BCUT2D eigenvalue weighted by Gasteiger charge is 2.06. The maximum Gasteiger partial charge on any atom is 0.243 e. The molecule has 0 saturated heterocycles. The maximum absolute atomic E-state index is 12.2. The Morgan fingerprint density at radius 1 is 1.07 bits per heavy atom. The van der Waals surface area contributed by atoms with Gasteiger partial charge in [-0.1, -0.05) is 29.8 Å².